The first kappa shape index (κ1) is 17.5. The lowest BCUT2D eigenvalue weighted by Crippen LogP contribution is -2.51. The van der Waals surface area contributed by atoms with Gasteiger partial charge >= 0.3 is 0 Å². The van der Waals surface area contributed by atoms with Crippen molar-refractivity contribution in [1.82, 2.24) is 15.1 Å². The van der Waals surface area contributed by atoms with Crippen molar-refractivity contribution in [2.45, 2.75) is 13.3 Å². The molecule has 0 N–H and O–H groups in total. The maximum Gasteiger partial charge on any atom is 0.228 e. The van der Waals surface area contributed by atoms with E-state index in [9.17, 15) is 9.59 Å². The smallest absolute Gasteiger partial charge is 0.228 e. The lowest BCUT2D eigenvalue weighted by molar-refractivity contribution is -0.136. The Kier molecular flexibility index (Phi) is 4.75. The molecular formula is C20H23N5O2. The van der Waals surface area contributed by atoms with E-state index >= 15 is 0 Å². The highest BCUT2D eigenvalue weighted by atomic mass is 16.2. The van der Waals surface area contributed by atoms with Gasteiger partial charge in [-0.25, -0.2) is 0 Å². The van der Waals surface area contributed by atoms with Crippen LogP contribution in [0.4, 0.5) is 11.5 Å². The fourth-order valence-electron chi connectivity index (χ4n) is 3.72. The Balaban J connectivity index is 1.36. The van der Waals surface area contributed by atoms with Gasteiger partial charge in [0.25, 0.3) is 0 Å². The predicted molar refractivity (Wildman–Crippen MR) is 102 cm³/mol. The largest absolute Gasteiger partial charge is 0.352 e. The molecule has 2 saturated heterocycles. The Morgan fingerprint density at radius 2 is 1.81 bits per heavy atom. The molecule has 0 spiro atoms. The minimum Gasteiger partial charge on any atom is -0.352 e. The number of piperazine rings is 1. The number of amides is 2. The monoisotopic (exact) mass is 365 g/mol. The number of aromatic nitrogens is 2. The third-order valence-electron chi connectivity index (χ3n) is 5.29. The van der Waals surface area contributed by atoms with Crippen LogP contribution in [0.2, 0.25) is 0 Å². The molecule has 0 saturated carbocycles. The maximum atomic E-state index is 12.9. The summed E-state index contributed by atoms with van der Waals surface area (Å²) >= 11 is 0. The van der Waals surface area contributed by atoms with Gasteiger partial charge in [0.2, 0.25) is 11.8 Å². The number of carbonyl (C=O) groups excluding carboxylic acids is 2. The van der Waals surface area contributed by atoms with Crippen LogP contribution in [0.1, 0.15) is 12.0 Å². The first-order chi connectivity index (χ1) is 13.1. The lowest BCUT2D eigenvalue weighted by atomic mass is 10.1. The molecule has 1 aromatic heterocycles. The van der Waals surface area contributed by atoms with Gasteiger partial charge in [0.15, 0.2) is 5.82 Å². The highest BCUT2D eigenvalue weighted by Crippen LogP contribution is 2.27. The summed E-state index contributed by atoms with van der Waals surface area (Å²) in [6.45, 7) is 5.22. The van der Waals surface area contributed by atoms with Crippen LogP contribution in [0.25, 0.3) is 0 Å². The molecule has 7 nitrogen and oxygen atoms in total. The van der Waals surface area contributed by atoms with Gasteiger partial charge in [0, 0.05) is 51.0 Å². The van der Waals surface area contributed by atoms with Gasteiger partial charge in [0.05, 0.1) is 5.92 Å². The molecule has 4 rings (SSSR count). The molecule has 7 heteroatoms. The van der Waals surface area contributed by atoms with Gasteiger partial charge in [-0.1, -0.05) is 17.7 Å². The summed E-state index contributed by atoms with van der Waals surface area (Å²) in [6, 6.07) is 11.7. The van der Waals surface area contributed by atoms with E-state index in [0.717, 1.165) is 30.2 Å². The molecule has 0 radical (unpaired) electrons. The van der Waals surface area contributed by atoms with Gasteiger partial charge in [0.1, 0.15) is 0 Å². The molecule has 2 fully saturated rings. The van der Waals surface area contributed by atoms with Gasteiger partial charge in [-0.15, -0.1) is 5.10 Å². The Labute approximate surface area is 158 Å². The zero-order chi connectivity index (χ0) is 18.8. The first-order valence-corrected chi connectivity index (χ1v) is 9.30. The second kappa shape index (κ2) is 7.34. The number of hydrogen-bond acceptors (Lipinski definition) is 5. The van der Waals surface area contributed by atoms with E-state index in [4.69, 9.17) is 0 Å². The van der Waals surface area contributed by atoms with E-state index in [1.165, 1.54) is 0 Å². The molecule has 140 valence electrons. The summed E-state index contributed by atoms with van der Waals surface area (Å²) in [4.78, 5) is 31.1. The molecule has 3 heterocycles. The second-order valence-electron chi connectivity index (χ2n) is 7.14. The van der Waals surface area contributed by atoms with Gasteiger partial charge in [-0.3, -0.25) is 9.59 Å². The van der Waals surface area contributed by atoms with Crippen molar-refractivity contribution in [2.24, 2.45) is 5.92 Å². The van der Waals surface area contributed by atoms with Gasteiger partial charge in [-0.05, 0) is 31.2 Å². The van der Waals surface area contributed by atoms with E-state index < -0.39 is 0 Å². The lowest BCUT2D eigenvalue weighted by Gasteiger charge is -2.36. The zero-order valence-electron chi connectivity index (χ0n) is 15.4. The highest BCUT2D eigenvalue weighted by molar-refractivity contribution is 6.00. The summed E-state index contributed by atoms with van der Waals surface area (Å²) in [5, 5.41) is 8.04. The van der Waals surface area contributed by atoms with E-state index in [1.54, 1.807) is 11.1 Å². The van der Waals surface area contributed by atoms with Crippen LogP contribution in [0, 0.1) is 12.8 Å². The molecule has 2 aliphatic rings. The number of nitrogens with zero attached hydrogens (tertiary/aromatic N) is 5. The van der Waals surface area contributed by atoms with E-state index in [2.05, 4.69) is 15.1 Å². The molecule has 2 aliphatic heterocycles. The molecule has 0 bridgehead atoms. The predicted octanol–water partition coefficient (Wildman–Crippen LogP) is 1.49. The Morgan fingerprint density at radius 3 is 2.48 bits per heavy atom. The van der Waals surface area contributed by atoms with Crippen LogP contribution >= 0.6 is 0 Å². The van der Waals surface area contributed by atoms with Crippen LogP contribution < -0.4 is 9.80 Å². The van der Waals surface area contributed by atoms with Gasteiger partial charge in [-0.2, -0.15) is 5.10 Å². The normalized spacial score (nSPS) is 20.3. The summed E-state index contributed by atoms with van der Waals surface area (Å²) in [6.07, 6.45) is 1.94. The molecule has 1 unspecified atom stereocenters. The molecular weight excluding hydrogens is 342 g/mol. The molecule has 0 aliphatic carbocycles. The average Bonchev–Trinajstić information content (AvgIpc) is 3.10. The van der Waals surface area contributed by atoms with Crippen LogP contribution in [-0.2, 0) is 9.59 Å². The van der Waals surface area contributed by atoms with Gasteiger partial charge < -0.3 is 14.7 Å². The van der Waals surface area contributed by atoms with Crippen molar-refractivity contribution in [3.05, 3.63) is 48.2 Å². The number of aryl methyl sites for hydroxylation is 1. The van der Waals surface area contributed by atoms with Crippen molar-refractivity contribution in [2.75, 3.05) is 42.5 Å². The minimum absolute atomic E-state index is 0.0235. The fourth-order valence-corrected chi connectivity index (χ4v) is 3.72. The molecule has 1 aromatic carbocycles. The third kappa shape index (κ3) is 3.63. The Hall–Kier alpha value is -2.96. The minimum atomic E-state index is -0.262. The Bertz CT molecular complexity index is 816. The molecule has 27 heavy (non-hydrogen) atoms. The standard InChI is InChI=1S/C20H23N5O2/c1-15-4-6-17(7-5-15)25-14-16(13-19(25)26)20(27)24-11-9-23(10-12-24)18-3-2-8-21-22-18/h2-8,16H,9-14H2,1H3. The third-order valence-corrected chi connectivity index (χ3v) is 5.29. The van der Waals surface area contributed by atoms with E-state index in [1.807, 2.05) is 48.2 Å². The zero-order valence-corrected chi connectivity index (χ0v) is 15.4. The van der Waals surface area contributed by atoms with Crippen molar-refractivity contribution in [3.8, 4) is 0 Å². The molecule has 1 atom stereocenters. The number of rotatable bonds is 3. The molecule has 2 amide bonds. The first-order valence-electron chi connectivity index (χ1n) is 9.30. The van der Waals surface area contributed by atoms with Crippen LogP contribution in [0.5, 0.6) is 0 Å². The quantitative estimate of drug-likeness (QED) is 0.824. The average molecular weight is 365 g/mol. The van der Waals surface area contributed by atoms with Crippen molar-refractivity contribution in [1.29, 1.82) is 0 Å². The summed E-state index contributed by atoms with van der Waals surface area (Å²) in [5.74, 6) is 0.681. The fraction of sp³-hybridized carbons (Fsp3) is 0.400. The van der Waals surface area contributed by atoms with Crippen LogP contribution in [0.15, 0.2) is 42.6 Å². The Morgan fingerprint density at radius 1 is 1.07 bits per heavy atom. The number of benzene rings is 1. The topological polar surface area (TPSA) is 69.6 Å². The second-order valence-corrected chi connectivity index (χ2v) is 7.14. The summed E-state index contributed by atoms with van der Waals surface area (Å²) in [5.41, 5.74) is 2.02. The number of anilines is 2. The van der Waals surface area contributed by atoms with E-state index in [-0.39, 0.29) is 24.2 Å². The molecule has 2 aromatic rings. The van der Waals surface area contributed by atoms with Crippen molar-refractivity contribution in [3.63, 3.8) is 0 Å². The van der Waals surface area contributed by atoms with Crippen molar-refractivity contribution >= 4 is 23.3 Å². The van der Waals surface area contributed by atoms with Crippen molar-refractivity contribution < 1.29 is 9.59 Å². The maximum absolute atomic E-state index is 12.9. The number of hydrogen-bond donors (Lipinski definition) is 0. The summed E-state index contributed by atoms with van der Waals surface area (Å²) in [7, 11) is 0. The summed E-state index contributed by atoms with van der Waals surface area (Å²) < 4.78 is 0. The van der Waals surface area contributed by atoms with E-state index in [0.29, 0.717) is 19.6 Å². The van der Waals surface area contributed by atoms with Crippen LogP contribution in [-0.4, -0.2) is 59.6 Å². The number of carbonyl (C=O) groups is 2. The SMILES string of the molecule is Cc1ccc(N2CC(C(=O)N3CCN(c4cccnn4)CC3)CC2=O)cc1. The van der Waals surface area contributed by atoms with Crippen LogP contribution in [0.3, 0.4) is 0 Å². The highest BCUT2D eigenvalue weighted by Gasteiger charge is 2.38.